The van der Waals surface area contributed by atoms with Gasteiger partial charge in [-0.15, -0.1) is 0 Å². The SMILES string of the molecule is CCCCOc1ccc(Br)cc1C(=O)Nc1ccc(Br)c(Cl)c1. The highest BCUT2D eigenvalue weighted by Gasteiger charge is 2.14. The summed E-state index contributed by atoms with van der Waals surface area (Å²) in [5.41, 5.74) is 1.11. The first-order valence-corrected chi connectivity index (χ1v) is 9.16. The molecule has 2 rings (SSSR count). The molecule has 0 unspecified atom stereocenters. The third kappa shape index (κ3) is 5.23. The maximum atomic E-state index is 12.5. The summed E-state index contributed by atoms with van der Waals surface area (Å²) >= 11 is 12.8. The van der Waals surface area contributed by atoms with Crippen molar-refractivity contribution < 1.29 is 9.53 Å². The average molecular weight is 462 g/mol. The lowest BCUT2D eigenvalue weighted by molar-refractivity contribution is 0.102. The third-order valence-electron chi connectivity index (χ3n) is 3.12. The zero-order chi connectivity index (χ0) is 16.8. The highest BCUT2D eigenvalue weighted by atomic mass is 79.9. The van der Waals surface area contributed by atoms with Crippen LogP contribution in [0.3, 0.4) is 0 Å². The molecule has 0 saturated heterocycles. The minimum Gasteiger partial charge on any atom is -0.493 e. The van der Waals surface area contributed by atoms with Gasteiger partial charge in [0.25, 0.3) is 5.91 Å². The Hall–Kier alpha value is -1.04. The minimum absolute atomic E-state index is 0.240. The van der Waals surface area contributed by atoms with Gasteiger partial charge in [0.15, 0.2) is 0 Å². The summed E-state index contributed by atoms with van der Waals surface area (Å²) in [5.74, 6) is 0.332. The van der Waals surface area contributed by atoms with E-state index in [1.807, 2.05) is 6.07 Å². The van der Waals surface area contributed by atoms with Crippen LogP contribution in [0.5, 0.6) is 5.75 Å². The second-order valence-electron chi connectivity index (χ2n) is 4.93. The monoisotopic (exact) mass is 459 g/mol. The molecule has 0 aliphatic rings. The molecule has 0 heterocycles. The van der Waals surface area contributed by atoms with Crippen molar-refractivity contribution in [2.24, 2.45) is 0 Å². The normalized spacial score (nSPS) is 10.4. The highest BCUT2D eigenvalue weighted by molar-refractivity contribution is 9.10. The van der Waals surface area contributed by atoms with Crippen molar-refractivity contribution in [3.8, 4) is 5.75 Å². The van der Waals surface area contributed by atoms with E-state index in [1.54, 1.807) is 30.3 Å². The van der Waals surface area contributed by atoms with Crippen molar-refractivity contribution in [2.45, 2.75) is 19.8 Å². The first-order valence-electron chi connectivity index (χ1n) is 7.20. The Morgan fingerprint density at radius 2 is 2.00 bits per heavy atom. The Morgan fingerprint density at radius 1 is 1.22 bits per heavy atom. The van der Waals surface area contributed by atoms with Gasteiger partial charge in [-0.3, -0.25) is 4.79 Å². The standard InChI is InChI=1S/C17H16Br2ClNO2/c1-2-3-8-23-16-7-4-11(18)9-13(16)17(22)21-12-5-6-14(19)15(20)10-12/h4-7,9-10H,2-3,8H2,1H3,(H,21,22). The van der Waals surface area contributed by atoms with Crippen LogP contribution in [-0.2, 0) is 0 Å². The van der Waals surface area contributed by atoms with E-state index in [4.69, 9.17) is 16.3 Å². The lowest BCUT2D eigenvalue weighted by Crippen LogP contribution is -2.14. The smallest absolute Gasteiger partial charge is 0.259 e. The van der Waals surface area contributed by atoms with E-state index in [9.17, 15) is 4.79 Å². The maximum Gasteiger partial charge on any atom is 0.259 e. The van der Waals surface area contributed by atoms with E-state index in [2.05, 4.69) is 44.1 Å². The zero-order valence-corrected chi connectivity index (χ0v) is 16.5. The molecule has 0 aromatic heterocycles. The molecule has 0 bridgehead atoms. The molecule has 0 radical (unpaired) electrons. The lowest BCUT2D eigenvalue weighted by Gasteiger charge is -2.12. The van der Waals surface area contributed by atoms with Crippen LogP contribution in [0.25, 0.3) is 0 Å². The zero-order valence-electron chi connectivity index (χ0n) is 12.5. The Balaban J connectivity index is 2.19. The molecular formula is C17H16Br2ClNO2. The number of hydrogen-bond donors (Lipinski definition) is 1. The van der Waals surface area contributed by atoms with Crippen molar-refractivity contribution in [2.75, 3.05) is 11.9 Å². The Kier molecular flexibility index (Phi) is 6.93. The van der Waals surface area contributed by atoms with Crippen LogP contribution in [0.2, 0.25) is 5.02 Å². The van der Waals surface area contributed by atoms with E-state index in [0.717, 1.165) is 21.8 Å². The van der Waals surface area contributed by atoms with Gasteiger partial charge >= 0.3 is 0 Å². The molecule has 3 nitrogen and oxygen atoms in total. The highest BCUT2D eigenvalue weighted by Crippen LogP contribution is 2.28. The van der Waals surface area contributed by atoms with Crippen molar-refractivity contribution in [3.05, 3.63) is 55.9 Å². The van der Waals surface area contributed by atoms with Crippen LogP contribution in [0.15, 0.2) is 45.3 Å². The number of halogens is 3. The third-order valence-corrected chi connectivity index (χ3v) is 4.84. The summed E-state index contributed by atoms with van der Waals surface area (Å²) in [7, 11) is 0. The van der Waals surface area contributed by atoms with Gasteiger partial charge in [0.2, 0.25) is 0 Å². The Morgan fingerprint density at radius 3 is 2.70 bits per heavy atom. The summed E-state index contributed by atoms with van der Waals surface area (Å²) in [5, 5.41) is 3.38. The van der Waals surface area contributed by atoms with Crippen LogP contribution < -0.4 is 10.1 Å². The number of nitrogens with one attached hydrogen (secondary N) is 1. The summed E-state index contributed by atoms with van der Waals surface area (Å²) in [4.78, 5) is 12.5. The maximum absolute atomic E-state index is 12.5. The van der Waals surface area contributed by atoms with Crippen LogP contribution in [0.4, 0.5) is 5.69 Å². The second kappa shape index (κ2) is 8.71. The molecule has 0 spiro atoms. The van der Waals surface area contributed by atoms with Crippen LogP contribution in [0.1, 0.15) is 30.1 Å². The summed E-state index contributed by atoms with van der Waals surface area (Å²) in [6.45, 7) is 2.68. The van der Waals surface area contributed by atoms with Gasteiger partial charge in [-0.1, -0.05) is 40.9 Å². The molecule has 2 aromatic rings. The van der Waals surface area contributed by atoms with E-state index in [0.29, 0.717) is 28.6 Å². The molecule has 1 amide bonds. The van der Waals surface area contributed by atoms with Gasteiger partial charge in [0.05, 0.1) is 17.2 Å². The number of amides is 1. The lowest BCUT2D eigenvalue weighted by atomic mass is 10.2. The Bertz CT molecular complexity index is 707. The second-order valence-corrected chi connectivity index (χ2v) is 7.10. The van der Waals surface area contributed by atoms with Crippen molar-refractivity contribution in [1.29, 1.82) is 0 Å². The molecule has 122 valence electrons. The molecule has 2 aromatic carbocycles. The van der Waals surface area contributed by atoms with Gasteiger partial charge in [0.1, 0.15) is 5.75 Å². The fourth-order valence-electron chi connectivity index (χ4n) is 1.90. The number of hydrogen-bond acceptors (Lipinski definition) is 2. The van der Waals surface area contributed by atoms with Crippen LogP contribution in [0, 0.1) is 0 Å². The summed E-state index contributed by atoms with van der Waals surface area (Å²) in [6.07, 6.45) is 1.98. The van der Waals surface area contributed by atoms with Gasteiger partial charge < -0.3 is 10.1 Å². The molecule has 0 atom stereocenters. The van der Waals surface area contributed by atoms with E-state index in [1.165, 1.54) is 0 Å². The average Bonchev–Trinajstić information content (AvgIpc) is 2.52. The van der Waals surface area contributed by atoms with Crippen LogP contribution >= 0.6 is 43.5 Å². The van der Waals surface area contributed by atoms with Crippen molar-refractivity contribution in [3.63, 3.8) is 0 Å². The fraction of sp³-hybridized carbons (Fsp3) is 0.235. The van der Waals surface area contributed by atoms with E-state index in [-0.39, 0.29) is 5.91 Å². The molecule has 6 heteroatoms. The van der Waals surface area contributed by atoms with Crippen molar-refractivity contribution in [1.82, 2.24) is 0 Å². The predicted molar refractivity (Wildman–Crippen MR) is 102 cm³/mol. The van der Waals surface area contributed by atoms with E-state index >= 15 is 0 Å². The number of carbonyl (C=O) groups is 1. The van der Waals surface area contributed by atoms with Gasteiger partial charge in [-0.25, -0.2) is 0 Å². The summed E-state index contributed by atoms with van der Waals surface area (Å²) in [6, 6.07) is 10.7. The van der Waals surface area contributed by atoms with Gasteiger partial charge in [0, 0.05) is 14.6 Å². The largest absolute Gasteiger partial charge is 0.493 e. The number of benzene rings is 2. The predicted octanol–water partition coefficient (Wildman–Crippen LogP) is 6.30. The molecule has 23 heavy (non-hydrogen) atoms. The molecule has 0 aliphatic carbocycles. The van der Waals surface area contributed by atoms with E-state index < -0.39 is 0 Å². The molecule has 0 fully saturated rings. The van der Waals surface area contributed by atoms with Gasteiger partial charge in [-0.2, -0.15) is 0 Å². The topological polar surface area (TPSA) is 38.3 Å². The summed E-state index contributed by atoms with van der Waals surface area (Å²) < 4.78 is 7.32. The quantitative estimate of drug-likeness (QED) is 0.513. The molecule has 0 aliphatic heterocycles. The number of rotatable bonds is 6. The first-order chi connectivity index (χ1) is 11.0. The molecular weight excluding hydrogens is 445 g/mol. The molecule has 0 saturated carbocycles. The fourth-order valence-corrected chi connectivity index (χ4v) is 2.69. The number of carbonyl (C=O) groups excluding carboxylic acids is 1. The number of unbranched alkanes of at least 4 members (excludes halogenated alkanes) is 1. The molecule has 1 N–H and O–H groups in total. The van der Waals surface area contributed by atoms with Crippen molar-refractivity contribution >= 4 is 55.1 Å². The van der Waals surface area contributed by atoms with Gasteiger partial charge in [-0.05, 0) is 58.7 Å². The Labute approximate surface area is 157 Å². The number of ether oxygens (including phenoxy) is 1. The van der Waals surface area contributed by atoms with Crippen LogP contribution in [-0.4, -0.2) is 12.5 Å². The number of anilines is 1. The minimum atomic E-state index is -0.240. The first kappa shape index (κ1) is 18.3.